The van der Waals surface area contributed by atoms with Gasteiger partial charge in [0.1, 0.15) is 35.7 Å². The zero-order valence-corrected chi connectivity index (χ0v) is 16.1. The van der Waals surface area contributed by atoms with E-state index in [-0.39, 0.29) is 0 Å². The van der Waals surface area contributed by atoms with Crippen LogP contribution in [0.4, 0.5) is 0 Å². The Balaban J connectivity index is 1.44. The average molecular weight is 370 g/mol. The minimum absolute atomic E-state index is 0.367. The Kier molecular flexibility index (Phi) is 4.94. The zero-order chi connectivity index (χ0) is 19.5. The monoisotopic (exact) mass is 370 g/mol. The number of hydrogen-bond donors (Lipinski definition) is 0. The molecule has 4 rings (SSSR count). The van der Waals surface area contributed by atoms with Gasteiger partial charge in [-0.1, -0.05) is 43.0 Å². The number of para-hydroxylation sites is 2. The highest BCUT2D eigenvalue weighted by molar-refractivity contribution is 5.85. The third kappa shape index (κ3) is 3.81. The van der Waals surface area contributed by atoms with Crippen molar-refractivity contribution >= 4 is 21.8 Å². The Morgan fingerprint density at radius 3 is 1.64 bits per heavy atom. The van der Waals surface area contributed by atoms with Crippen LogP contribution < -0.4 is 9.47 Å². The highest BCUT2D eigenvalue weighted by Gasteiger charge is 2.07. The molecule has 0 saturated heterocycles. The number of benzene rings is 2. The molecule has 2 aromatic carbocycles. The molecule has 0 unspecified atom stereocenters. The predicted molar refractivity (Wildman–Crippen MR) is 113 cm³/mol. The van der Waals surface area contributed by atoms with E-state index in [1.807, 2.05) is 62.4 Å². The van der Waals surface area contributed by atoms with E-state index in [4.69, 9.17) is 9.47 Å². The maximum absolute atomic E-state index is 5.97. The van der Waals surface area contributed by atoms with Gasteiger partial charge in [0.05, 0.1) is 0 Å². The maximum atomic E-state index is 5.97. The van der Waals surface area contributed by atoms with E-state index in [1.165, 1.54) is 0 Å². The standard InChI is InChI=1S/C24H22N2O2/c1-16(14-27-21-8-4-6-19-12-10-17(2)25-23(19)21)15-28-22-9-5-7-20-13-11-18(3)26-24(20)22/h4-13H,1,14-15H2,2-3H3. The second kappa shape index (κ2) is 7.69. The highest BCUT2D eigenvalue weighted by atomic mass is 16.5. The molecule has 4 nitrogen and oxygen atoms in total. The molecule has 0 spiro atoms. The van der Waals surface area contributed by atoms with Crippen LogP contribution in [0.1, 0.15) is 11.4 Å². The number of aryl methyl sites for hydroxylation is 2. The van der Waals surface area contributed by atoms with Crippen LogP contribution >= 0.6 is 0 Å². The molecule has 0 bridgehead atoms. The predicted octanol–water partition coefficient (Wildman–Crippen LogP) is 5.41. The molecule has 0 aliphatic rings. The smallest absolute Gasteiger partial charge is 0.146 e. The molecule has 140 valence electrons. The summed E-state index contributed by atoms with van der Waals surface area (Å²) in [7, 11) is 0. The lowest BCUT2D eigenvalue weighted by molar-refractivity contribution is 0.304. The molecular weight excluding hydrogens is 348 g/mol. The molecule has 0 N–H and O–H groups in total. The lowest BCUT2D eigenvalue weighted by atomic mass is 10.2. The lowest BCUT2D eigenvalue weighted by Gasteiger charge is -2.13. The third-order valence-electron chi connectivity index (χ3n) is 4.51. The van der Waals surface area contributed by atoms with Crippen LogP contribution in [0.5, 0.6) is 11.5 Å². The summed E-state index contributed by atoms with van der Waals surface area (Å²) in [6.07, 6.45) is 0. The Hall–Kier alpha value is -3.40. The van der Waals surface area contributed by atoms with Crippen LogP contribution in [0.3, 0.4) is 0 Å². The molecule has 4 heteroatoms. The van der Waals surface area contributed by atoms with E-state index in [9.17, 15) is 0 Å². The fourth-order valence-corrected chi connectivity index (χ4v) is 3.07. The van der Waals surface area contributed by atoms with Gasteiger partial charge in [-0.25, -0.2) is 9.97 Å². The van der Waals surface area contributed by atoms with Gasteiger partial charge in [-0.2, -0.15) is 0 Å². The fraction of sp³-hybridized carbons (Fsp3) is 0.167. The zero-order valence-electron chi connectivity index (χ0n) is 16.1. The molecule has 0 amide bonds. The molecule has 0 radical (unpaired) electrons. The quantitative estimate of drug-likeness (QED) is 0.426. The van der Waals surface area contributed by atoms with Gasteiger partial charge in [-0.15, -0.1) is 0 Å². The molecule has 2 heterocycles. The van der Waals surface area contributed by atoms with E-state index in [1.54, 1.807) is 0 Å². The molecular formula is C24H22N2O2. The van der Waals surface area contributed by atoms with Crippen LogP contribution in [0.25, 0.3) is 21.8 Å². The first kappa shape index (κ1) is 18.0. The second-order valence-corrected chi connectivity index (χ2v) is 6.89. The molecule has 0 aliphatic heterocycles. The van der Waals surface area contributed by atoms with Crippen molar-refractivity contribution in [1.29, 1.82) is 0 Å². The fourth-order valence-electron chi connectivity index (χ4n) is 3.07. The van der Waals surface area contributed by atoms with Gasteiger partial charge < -0.3 is 9.47 Å². The van der Waals surface area contributed by atoms with E-state index in [2.05, 4.69) is 28.7 Å². The van der Waals surface area contributed by atoms with E-state index in [0.29, 0.717) is 13.2 Å². The summed E-state index contributed by atoms with van der Waals surface area (Å²) >= 11 is 0. The Labute approximate surface area is 164 Å². The summed E-state index contributed by atoms with van der Waals surface area (Å²) in [5.41, 5.74) is 4.50. The molecule has 0 atom stereocenters. The van der Waals surface area contributed by atoms with E-state index >= 15 is 0 Å². The van der Waals surface area contributed by atoms with Gasteiger partial charge in [0.15, 0.2) is 0 Å². The third-order valence-corrected chi connectivity index (χ3v) is 4.51. The summed E-state index contributed by atoms with van der Waals surface area (Å²) < 4.78 is 11.9. The van der Waals surface area contributed by atoms with Gasteiger partial charge in [-0.05, 0) is 43.7 Å². The van der Waals surface area contributed by atoms with E-state index in [0.717, 1.165) is 50.3 Å². The van der Waals surface area contributed by atoms with Gasteiger partial charge in [-0.3, -0.25) is 0 Å². The van der Waals surface area contributed by atoms with Crippen LogP contribution in [0, 0.1) is 13.8 Å². The molecule has 28 heavy (non-hydrogen) atoms. The number of ether oxygens (including phenoxy) is 2. The van der Waals surface area contributed by atoms with Crippen LogP contribution in [0.2, 0.25) is 0 Å². The van der Waals surface area contributed by atoms with Crippen LogP contribution in [0.15, 0.2) is 72.8 Å². The van der Waals surface area contributed by atoms with Crippen molar-refractivity contribution in [2.45, 2.75) is 13.8 Å². The molecule has 4 aromatic rings. The molecule has 0 aliphatic carbocycles. The second-order valence-electron chi connectivity index (χ2n) is 6.89. The summed E-state index contributed by atoms with van der Waals surface area (Å²) in [6, 6.07) is 20.0. The van der Waals surface area contributed by atoms with Crippen molar-refractivity contribution in [3.05, 3.63) is 84.2 Å². The van der Waals surface area contributed by atoms with Crippen molar-refractivity contribution in [2.24, 2.45) is 0 Å². The normalized spacial score (nSPS) is 10.9. The Morgan fingerprint density at radius 2 is 1.18 bits per heavy atom. The number of hydrogen-bond acceptors (Lipinski definition) is 4. The first-order valence-electron chi connectivity index (χ1n) is 9.25. The number of nitrogens with zero attached hydrogens (tertiary/aromatic N) is 2. The number of pyridine rings is 2. The molecule has 2 aromatic heterocycles. The first-order chi connectivity index (χ1) is 13.6. The lowest BCUT2D eigenvalue weighted by Crippen LogP contribution is -2.09. The summed E-state index contributed by atoms with van der Waals surface area (Å²) in [4.78, 5) is 9.19. The van der Waals surface area contributed by atoms with Gasteiger partial charge in [0.2, 0.25) is 0 Å². The Morgan fingerprint density at radius 1 is 0.714 bits per heavy atom. The topological polar surface area (TPSA) is 44.2 Å². The van der Waals surface area contributed by atoms with Crippen molar-refractivity contribution in [3.8, 4) is 11.5 Å². The Bertz CT molecular complexity index is 1080. The number of rotatable bonds is 6. The van der Waals surface area contributed by atoms with Gasteiger partial charge >= 0.3 is 0 Å². The molecule has 0 saturated carbocycles. The minimum atomic E-state index is 0.367. The highest BCUT2D eigenvalue weighted by Crippen LogP contribution is 2.26. The van der Waals surface area contributed by atoms with Crippen LogP contribution in [-0.2, 0) is 0 Å². The van der Waals surface area contributed by atoms with Gasteiger partial charge in [0.25, 0.3) is 0 Å². The minimum Gasteiger partial charge on any atom is -0.487 e. The van der Waals surface area contributed by atoms with Crippen molar-refractivity contribution in [3.63, 3.8) is 0 Å². The van der Waals surface area contributed by atoms with Crippen LogP contribution in [-0.4, -0.2) is 23.2 Å². The van der Waals surface area contributed by atoms with Crippen molar-refractivity contribution in [1.82, 2.24) is 9.97 Å². The molecule has 0 fully saturated rings. The SMILES string of the molecule is C=C(COc1cccc2ccc(C)nc12)COc1cccc2ccc(C)nc12. The van der Waals surface area contributed by atoms with Gasteiger partial charge in [0, 0.05) is 22.2 Å². The van der Waals surface area contributed by atoms with E-state index < -0.39 is 0 Å². The summed E-state index contributed by atoms with van der Waals surface area (Å²) in [5, 5.41) is 2.12. The first-order valence-corrected chi connectivity index (χ1v) is 9.25. The van der Waals surface area contributed by atoms with Crippen molar-refractivity contribution in [2.75, 3.05) is 13.2 Å². The summed E-state index contributed by atoms with van der Waals surface area (Å²) in [5.74, 6) is 1.51. The van der Waals surface area contributed by atoms with Crippen molar-refractivity contribution < 1.29 is 9.47 Å². The summed E-state index contributed by atoms with van der Waals surface area (Å²) in [6.45, 7) is 8.77. The number of fused-ring (bicyclic) bond motifs is 2. The largest absolute Gasteiger partial charge is 0.487 e. The maximum Gasteiger partial charge on any atom is 0.146 e. The average Bonchev–Trinajstić information content (AvgIpc) is 2.70. The number of aromatic nitrogens is 2.